The molecule has 0 radical (unpaired) electrons. The van der Waals surface area contributed by atoms with E-state index in [1.807, 2.05) is 12.1 Å². The van der Waals surface area contributed by atoms with E-state index in [0.29, 0.717) is 23.3 Å². The monoisotopic (exact) mass is 264 g/mol. The molecule has 18 heavy (non-hydrogen) atoms. The molecular formula is C13H13ClN2O2. The number of nitrogens with zero attached hydrogens (tertiary/aromatic N) is 1. The first kappa shape index (κ1) is 12.5. The van der Waals surface area contributed by atoms with Crippen LogP contribution in [0.25, 0.3) is 0 Å². The van der Waals surface area contributed by atoms with Gasteiger partial charge in [0.15, 0.2) is 0 Å². The summed E-state index contributed by atoms with van der Waals surface area (Å²) in [4.78, 5) is 4.10. The van der Waals surface area contributed by atoms with E-state index in [1.165, 1.54) is 0 Å². The molecular weight excluding hydrogens is 252 g/mol. The normalized spacial score (nSPS) is 10.1. The number of aromatic hydroxyl groups is 1. The van der Waals surface area contributed by atoms with Crippen LogP contribution < -0.4 is 10.1 Å². The number of methoxy groups -OCH3 is 1. The molecule has 0 fully saturated rings. The molecule has 1 aromatic heterocycles. The largest absolute Gasteiger partial charge is 0.507 e. The van der Waals surface area contributed by atoms with Gasteiger partial charge in [0.05, 0.1) is 7.11 Å². The minimum absolute atomic E-state index is 0.184. The number of rotatable bonds is 4. The zero-order valence-corrected chi connectivity index (χ0v) is 10.6. The molecule has 1 heterocycles. The molecule has 0 amide bonds. The summed E-state index contributed by atoms with van der Waals surface area (Å²) < 4.78 is 5.02. The number of halogens is 1. The molecule has 0 bridgehead atoms. The van der Waals surface area contributed by atoms with Crippen LogP contribution in [0.15, 0.2) is 36.4 Å². The van der Waals surface area contributed by atoms with Crippen molar-refractivity contribution in [2.75, 3.05) is 12.4 Å². The maximum absolute atomic E-state index is 9.79. The maximum atomic E-state index is 9.79. The Labute approximate surface area is 110 Å². The lowest BCUT2D eigenvalue weighted by molar-refractivity contribution is 0.406. The average molecular weight is 265 g/mol. The smallest absolute Gasteiger partial charge is 0.131 e. The lowest BCUT2D eigenvalue weighted by atomic mass is 10.2. The molecule has 0 aliphatic heterocycles. The third-order valence-electron chi connectivity index (χ3n) is 2.47. The van der Waals surface area contributed by atoms with Gasteiger partial charge in [0, 0.05) is 18.2 Å². The van der Waals surface area contributed by atoms with Crippen molar-refractivity contribution < 1.29 is 9.84 Å². The molecule has 0 saturated carbocycles. The minimum Gasteiger partial charge on any atom is -0.507 e. The van der Waals surface area contributed by atoms with Crippen LogP contribution in [0.1, 0.15) is 5.56 Å². The number of hydrogen-bond acceptors (Lipinski definition) is 4. The first-order valence-corrected chi connectivity index (χ1v) is 5.79. The Hall–Kier alpha value is -1.94. The van der Waals surface area contributed by atoms with Gasteiger partial charge in [-0.25, -0.2) is 4.98 Å². The van der Waals surface area contributed by atoms with Gasteiger partial charge in [0.1, 0.15) is 22.5 Å². The second-order valence-electron chi connectivity index (χ2n) is 3.69. The van der Waals surface area contributed by atoms with E-state index in [-0.39, 0.29) is 5.75 Å². The highest BCUT2D eigenvalue weighted by atomic mass is 35.5. The number of pyridine rings is 1. The first-order valence-electron chi connectivity index (χ1n) is 5.41. The predicted molar refractivity (Wildman–Crippen MR) is 71.2 cm³/mol. The van der Waals surface area contributed by atoms with E-state index in [2.05, 4.69) is 10.3 Å². The number of anilines is 1. The highest BCUT2D eigenvalue weighted by Crippen LogP contribution is 2.24. The van der Waals surface area contributed by atoms with Crippen molar-refractivity contribution >= 4 is 17.4 Å². The highest BCUT2D eigenvalue weighted by molar-refractivity contribution is 6.29. The average Bonchev–Trinajstić information content (AvgIpc) is 2.37. The van der Waals surface area contributed by atoms with E-state index in [4.69, 9.17) is 16.3 Å². The van der Waals surface area contributed by atoms with Gasteiger partial charge < -0.3 is 15.2 Å². The molecule has 0 atom stereocenters. The summed E-state index contributed by atoms with van der Waals surface area (Å²) in [5.74, 6) is 1.47. The van der Waals surface area contributed by atoms with Crippen molar-refractivity contribution in [3.63, 3.8) is 0 Å². The van der Waals surface area contributed by atoms with Gasteiger partial charge in [0.2, 0.25) is 0 Å². The minimum atomic E-state index is 0.184. The Bertz CT molecular complexity index is 546. The van der Waals surface area contributed by atoms with E-state index in [0.717, 1.165) is 5.56 Å². The molecule has 4 nitrogen and oxygen atoms in total. The summed E-state index contributed by atoms with van der Waals surface area (Å²) in [7, 11) is 1.56. The molecule has 0 unspecified atom stereocenters. The number of hydrogen-bond donors (Lipinski definition) is 2. The standard InChI is InChI=1S/C13H13ClN2O2/c1-18-10-6-5-9(11(17)7-10)8-15-13-4-2-3-12(14)16-13/h2-7,17H,8H2,1H3,(H,15,16). The van der Waals surface area contributed by atoms with Crippen LogP contribution in [0.5, 0.6) is 11.5 Å². The summed E-state index contributed by atoms with van der Waals surface area (Å²) in [6.07, 6.45) is 0. The van der Waals surface area contributed by atoms with Crippen LogP contribution in [0.4, 0.5) is 5.82 Å². The molecule has 1 aromatic carbocycles. The van der Waals surface area contributed by atoms with E-state index >= 15 is 0 Å². The van der Waals surface area contributed by atoms with Crippen LogP contribution >= 0.6 is 11.6 Å². The van der Waals surface area contributed by atoms with Crippen LogP contribution in [0.2, 0.25) is 5.15 Å². The summed E-state index contributed by atoms with van der Waals surface area (Å²) in [6, 6.07) is 10.5. The molecule has 0 spiro atoms. The topological polar surface area (TPSA) is 54.4 Å². The zero-order chi connectivity index (χ0) is 13.0. The summed E-state index contributed by atoms with van der Waals surface area (Å²) in [5, 5.41) is 13.3. The predicted octanol–water partition coefficient (Wildman–Crippen LogP) is 3.06. The second-order valence-corrected chi connectivity index (χ2v) is 4.08. The fourth-order valence-electron chi connectivity index (χ4n) is 1.51. The fraction of sp³-hybridized carbons (Fsp3) is 0.154. The van der Waals surface area contributed by atoms with Gasteiger partial charge in [-0.3, -0.25) is 0 Å². The Morgan fingerprint density at radius 3 is 2.83 bits per heavy atom. The highest BCUT2D eigenvalue weighted by Gasteiger charge is 2.03. The Morgan fingerprint density at radius 1 is 1.33 bits per heavy atom. The molecule has 2 N–H and O–H groups in total. The van der Waals surface area contributed by atoms with Gasteiger partial charge in [0.25, 0.3) is 0 Å². The molecule has 2 rings (SSSR count). The van der Waals surface area contributed by atoms with E-state index < -0.39 is 0 Å². The third kappa shape index (κ3) is 3.05. The number of benzene rings is 1. The van der Waals surface area contributed by atoms with Gasteiger partial charge >= 0.3 is 0 Å². The Morgan fingerprint density at radius 2 is 2.17 bits per heavy atom. The molecule has 0 aliphatic rings. The lowest BCUT2D eigenvalue weighted by Gasteiger charge is -2.09. The molecule has 0 saturated heterocycles. The zero-order valence-electron chi connectivity index (χ0n) is 9.85. The quantitative estimate of drug-likeness (QED) is 0.834. The van der Waals surface area contributed by atoms with Gasteiger partial charge in [-0.05, 0) is 24.3 Å². The summed E-state index contributed by atoms with van der Waals surface area (Å²) in [5.41, 5.74) is 0.762. The summed E-state index contributed by atoms with van der Waals surface area (Å²) in [6.45, 7) is 0.461. The van der Waals surface area contributed by atoms with Crippen molar-refractivity contribution in [1.82, 2.24) is 4.98 Å². The maximum Gasteiger partial charge on any atom is 0.131 e. The Balaban J connectivity index is 2.06. The van der Waals surface area contributed by atoms with Crippen LogP contribution in [-0.2, 0) is 6.54 Å². The molecule has 94 valence electrons. The van der Waals surface area contributed by atoms with Gasteiger partial charge in [-0.1, -0.05) is 17.7 Å². The SMILES string of the molecule is COc1ccc(CNc2cccc(Cl)n2)c(O)c1. The first-order chi connectivity index (χ1) is 8.69. The number of phenols is 1. The van der Waals surface area contributed by atoms with Crippen molar-refractivity contribution in [2.45, 2.75) is 6.54 Å². The van der Waals surface area contributed by atoms with Crippen LogP contribution in [0.3, 0.4) is 0 Å². The molecule has 5 heteroatoms. The molecule has 0 aliphatic carbocycles. The van der Waals surface area contributed by atoms with Crippen molar-refractivity contribution in [3.8, 4) is 11.5 Å². The molecule has 2 aromatic rings. The van der Waals surface area contributed by atoms with Crippen molar-refractivity contribution in [2.24, 2.45) is 0 Å². The number of ether oxygens (including phenoxy) is 1. The van der Waals surface area contributed by atoms with E-state index in [1.54, 1.807) is 31.4 Å². The fourth-order valence-corrected chi connectivity index (χ4v) is 1.68. The van der Waals surface area contributed by atoms with Crippen molar-refractivity contribution in [3.05, 3.63) is 47.1 Å². The van der Waals surface area contributed by atoms with Crippen molar-refractivity contribution in [1.29, 1.82) is 0 Å². The lowest BCUT2D eigenvalue weighted by Crippen LogP contribution is -2.01. The third-order valence-corrected chi connectivity index (χ3v) is 2.68. The van der Waals surface area contributed by atoms with Gasteiger partial charge in [-0.2, -0.15) is 0 Å². The number of phenolic OH excluding ortho intramolecular Hbond substituents is 1. The second kappa shape index (κ2) is 5.60. The number of aromatic nitrogens is 1. The summed E-state index contributed by atoms with van der Waals surface area (Å²) >= 11 is 5.78. The van der Waals surface area contributed by atoms with Crippen LogP contribution in [0, 0.1) is 0 Å². The number of nitrogens with one attached hydrogen (secondary N) is 1. The Kier molecular flexibility index (Phi) is 3.89. The van der Waals surface area contributed by atoms with E-state index in [9.17, 15) is 5.11 Å². The van der Waals surface area contributed by atoms with Gasteiger partial charge in [-0.15, -0.1) is 0 Å². The van der Waals surface area contributed by atoms with Crippen LogP contribution in [-0.4, -0.2) is 17.2 Å².